The summed E-state index contributed by atoms with van der Waals surface area (Å²) >= 11 is 5.95. The molecular weight excluding hydrogens is 240 g/mol. The van der Waals surface area contributed by atoms with Crippen LogP contribution in [-0.4, -0.2) is 19.1 Å². The fraction of sp³-hybridized carbons (Fsp3) is 0.333. The number of carbonyl (C=O) groups is 1. The summed E-state index contributed by atoms with van der Waals surface area (Å²) in [5.74, 6) is -0.336. The molecule has 0 saturated carbocycles. The van der Waals surface area contributed by atoms with Gasteiger partial charge in [-0.2, -0.15) is 5.26 Å². The molecule has 1 aromatic carbocycles. The van der Waals surface area contributed by atoms with Gasteiger partial charge in [-0.3, -0.25) is 4.79 Å². The van der Waals surface area contributed by atoms with Crippen molar-refractivity contribution in [2.75, 3.05) is 18.5 Å². The van der Waals surface area contributed by atoms with E-state index >= 15 is 0 Å². The van der Waals surface area contributed by atoms with Crippen molar-refractivity contribution in [1.29, 1.82) is 5.26 Å². The molecule has 1 amide bonds. The number of hydrogen-bond donors (Lipinski definition) is 1. The number of halogens is 1. The number of nitrogens with one attached hydrogen (secondary N) is 1. The fourth-order valence-corrected chi connectivity index (χ4v) is 1.71. The van der Waals surface area contributed by atoms with Crippen LogP contribution in [0.4, 0.5) is 5.69 Å². The zero-order chi connectivity index (χ0) is 12.5. The zero-order valence-electron chi connectivity index (χ0n) is 9.29. The monoisotopic (exact) mass is 250 g/mol. The van der Waals surface area contributed by atoms with Crippen molar-refractivity contribution in [2.24, 2.45) is 5.41 Å². The number of rotatable bonds is 2. The summed E-state index contributed by atoms with van der Waals surface area (Å²) in [5, 5.41) is 12.3. The lowest BCUT2D eigenvalue weighted by Gasteiger charge is -2.33. The number of carbonyl (C=O) groups excluding carboxylic acids is 1. The number of ether oxygens (including phenoxy) is 1. The molecule has 2 rings (SSSR count). The highest BCUT2D eigenvalue weighted by Crippen LogP contribution is 2.30. The molecule has 0 aromatic heterocycles. The average molecular weight is 251 g/mol. The second-order valence-electron chi connectivity index (χ2n) is 4.05. The predicted octanol–water partition coefficient (Wildman–Crippen LogP) is 2.13. The van der Waals surface area contributed by atoms with Crippen LogP contribution in [0.5, 0.6) is 0 Å². The van der Waals surface area contributed by atoms with Crippen LogP contribution in [0.15, 0.2) is 18.2 Å². The highest BCUT2D eigenvalue weighted by Gasteiger charge is 2.46. The van der Waals surface area contributed by atoms with E-state index in [1.54, 1.807) is 18.2 Å². The molecule has 1 aliphatic heterocycles. The molecule has 1 heterocycles. The van der Waals surface area contributed by atoms with Crippen molar-refractivity contribution >= 4 is 23.2 Å². The Morgan fingerprint density at radius 3 is 2.82 bits per heavy atom. The summed E-state index contributed by atoms with van der Waals surface area (Å²) in [6.45, 7) is 2.11. The van der Waals surface area contributed by atoms with Crippen molar-refractivity contribution in [3.05, 3.63) is 28.8 Å². The molecule has 1 N–H and O–H groups in total. The van der Waals surface area contributed by atoms with E-state index in [4.69, 9.17) is 21.6 Å². The molecule has 5 heteroatoms. The lowest BCUT2D eigenvalue weighted by atomic mass is 9.86. The highest BCUT2D eigenvalue weighted by atomic mass is 35.5. The van der Waals surface area contributed by atoms with E-state index in [0.717, 1.165) is 5.56 Å². The third-order valence-corrected chi connectivity index (χ3v) is 3.27. The molecule has 4 nitrogen and oxygen atoms in total. The highest BCUT2D eigenvalue weighted by molar-refractivity contribution is 6.31. The van der Waals surface area contributed by atoms with Gasteiger partial charge in [-0.15, -0.1) is 0 Å². The number of anilines is 1. The largest absolute Gasteiger partial charge is 0.377 e. The number of hydrogen-bond acceptors (Lipinski definition) is 3. The van der Waals surface area contributed by atoms with Crippen LogP contribution in [-0.2, 0) is 9.53 Å². The Kier molecular flexibility index (Phi) is 3.05. The molecule has 88 valence electrons. The summed E-state index contributed by atoms with van der Waals surface area (Å²) in [6.07, 6.45) is 0. The van der Waals surface area contributed by atoms with Gasteiger partial charge in [-0.1, -0.05) is 17.7 Å². The first-order chi connectivity index (χ1) is 8.09. The van der Waals surface area contributed by atoms with E-state index in [1.165, 1.54) is 0 Å². The van der Waals surface area contributed by atoms with Crippen LogP contribution in [0.1, 0.15) is 5.56 Å². The van der Waals surface area contributed by atoms with Gasteiger partial charge < -0.3 is 10.1 Å². The topological polar surface area (TPSA) is 62.1 Å². The van der Waals surface area contributed by atoms with Crippen molar-refractivity contribution in [3.8, 4) is 6.07 Å². The Hall–Kier alpha value is -1.57. The van der Waals surface area contributed by atoms with Crippen molar-refractivity contribution in [2.45, 2.75) is 6.92 Å². The summed E-state index contributed by atoms with van der Waals surface area (Å²) < 4.78 is 4.93. The summed E-state index contributed by atoms with van der Waals surface area (Å²) in [4.78, 5) is 12.0. The van der Waals surface area contributed by atoms with E-state index in [1.807, 2.05) is 13.0 Å². The van der Waals surface area contributed by atoms with Crippen LogP contribution in [0.25, 0.3) is 0 Å². The van der Waals surface area contributed by atoms with Crippen molar-refractivity contribution in [3.63, 3.8) is 0 Å². The van der Waals surface area contributed by atoms with E-state index in [-0.39, 0.29) is 19.1 Å². The Morgan fingerprint density at radius 2 is 2.29 bits per heavy atom. The first-order valence-corrected chi connectivity index (χ1v) is 5.52. The molecule has 0 aliphatic carbocycles. The Bertz CT molecular complexity index is 504. The standard InChI is InChI=1S/C12H11ClN2O2/c1-8-9(13)3-2-4-10(8)15-11(16)12(5-14)6-17-7-12/h2-4H,6-7H2,1H3,(H,15,16). The first kappa shape index (κ1) is 11.9. The zero-order valence-corrected chi connectivity index (χ0v) is 10.0. The van der Waals surface area contributed by atoms with Gasteiger partial charge in [0.15, 0.2) is 5.41 Å². The minimum Gasteiger partial charge on any atom is -0.377 e. The minimum atomic E-state index is -1.05. The number of nitriles is 1. The van der Waals surface area contributed by atoms with Gasteiger partial charge in [-0.05, 0) is 24.6 Å². The summed E-state index contributed by atoms with van der Waals surface area (Å²) in [5.41, 5.74) is 0.370. The summed E-state index contributed by atoms with van der Waals surface area (Å²) in [6, 6.07) is 7.25. The number of nitrogens with zero attached hydrogens (tertiary/aromatic N) is 1. The van der Waals surface area contributed by atoms with Crippen LogP contribution >= 0.6 is 11.6 Å². The van der Waals surface area contributed by atoms with Crippen LogP contribution in [0.2, 0.25) is 5.02 Å². The van der Waals surface area contributed by atoms with Gasteiger partial charge in [0.25, 0.3) is 0 Å². The molecule has 1 saturated heterocycles. The number of benzene rings is 1. The van der Waals surface area contributed by atoms with Crippen LogP contribution < -0.4 is 5.32 Å². The van der Waals surface area contributed by atoms with Crippen molar-refractivity contribution < 1.29 is 9.53 Å². The maximum absolute atomic E-state index is 12.0. The average Bonchev–Trinajstić information content (AvgIpc) is 2.24. The maximum Gasteiger partial charge on any atom is 0.249 e. The van der Waals surface area contributed by atoms with E-state index in [0.29, 0.717) is 10.7 Å². The molecular formula is C12H11ClN2O2. The molecule has 0 radical (unpaired) electrons. The maximum atomic E-state index is 12.0. The van der Waals surface area contributed by atoms with E-state index in [2.05, 4.69) is 5.32 Å². The lowest BCUT2D eigenvalue weighted by molar-refractivity contribution is -0.144. The Balaban J connectivity index is 2.19. The Labute approximate surface area is 104 Å². The van der Waals surface area contributed by atoms with Gasteiger partial charge in [0.1, 0.15) is 0 Å². The predicted molar refractivity (Wildman–Crippen MR) is 63.7 cm³/mol. The molecule has 1 aliphatic rings. The minimum absolute atomic E-state index is 0.148. The lowest BCUT2D eigenvalue weighted by Crippen LogP contribution is -2.50. The molecule has 1 aromatic rings. The number of amides is 1. The third kappa shape index (κ3) is 1.99. The third-order valence-electron chi connectivity index (χ3n) is 2.86. The van der Waals surface area contributed by atoms with Gasteiger partial charge >= 0.3 is 0 Å². The fourth-order valence-electron chi connectivity index (χ4n) is 1.54. The van der Waals surface area contributed by atoms with Gasteiger partial charge in [0.05, 0.1) is 19.3 Å². The van der Waals surface area contributed by atoms with Gasteiger partial charge in [0.2, 0.25) is 5.91 Å². The van der Waals surface area contributed by atoms with Crippen LogP contribution in [0.3, 0.4) is 0 Å². The smallest absolute Gasteiger partial charge is 0.249 e. The molecule has 0 spiro atoms. The second kappa shape index (κ2) is 4.36. The summed E-state index contributed by atoms with van der Waals surface area (Å²) in [7, 11) is 0. The normalized spacial score (nSPS) is 16.8. The Morgan fingerprint density at radius 1 is 1.59 bits per heavy atom. The SMILES string of the molecule is Cc1c(Cl)cccc1NC(=O)C1(C#N)COC1. The van der Waals surface area contributed by atoms with E-state index < -0.39 is 5.41 Å². The van der Waals surface area contributed by atoms with E-state index in [9.17, 15) is 4.79 Å². The molecule has 0 bridgehead atoms. The first-order valence-electron chi connectivity index (χ1n) is 5.15. The molecule has 17 heavy (non-hydrogen) atoms. The molecule has 1 fully saturated rings. The van der Waals surface area contributed by atoms with Gasteiger partial charge in [0, 0.05) is 10.7 Å². The molecule has 0 atom stereocenters. The quantitative estimate of drug-likeness (QED) is 0.875. The van der Waals surface area contributed by atoms with Gasteiger partial charge in [-0.25, -0.2) is 0 Å². The van der Waals surface area contributed by atoms with Crippen molar-refractivity contribution in [1.82, 2.24) is 0 Å². The van der Waals surface area contributed by atoms with Crippen LogP contribution in [0, 0.1) is 23.7 Å². The molecule has 0 unspecified atom stereocenters. The second-order valence-corrected chi connectivity index (χ2v) is 4.46.